The van der Waals surface area contributed by atoms with E-state index in [1.54, 1.807) is 18.2 Å². The SMILES string of the molecule is O=C(N[C@H](CN1CCCC1)[C@H](O)c1cc(F)c2c(c1)OCCO2)C1CCN(c2ccc(F)cc2)C1. The van der Waals surface area contributed by atoms with Gasteiger partial charge in [0.15, 0.2) is 17.3 Å². The first kappa shape index (κ1) is 23.8. The van der Waals surface area contributed by atoms with E-state index in [0.29, 0.717) is 38.2 Å². The Morgan fingerprint density at radius 3 is 2.60 bits per heavy atom. The number of rotatable bonds is 7. The maximum atomic E-state index is 14.7. The maximum Gasteiger partial charge on any atom is 0.225 e. The van der Waals surface area contributed by atoms with Gasteiger partial charge in [0.25, 0.3) is 0 Å². The second kappa shape index (κ2) is 10.4. The van der Waals surface area contributed by atoms with Crippen molar-refractivity contribution < 1.29 is 28.2 Å². The van der Waals surface area contributed by atoms with Gasteiger partial charge in [0.05, 0.1) is 12.0 Å². The molecule has 2 aromatic carbocycles. The number of anilines is 1. The summed E-state index contributed by atoms with van der Waals surface area (Å²) in [6, 6.07) is 8.50. The van der Waals surface area contributed by atoms with Gasteiger partial charge in [-0.2, -0.15) is 0 Å². The Hall–Kier alpha value is -2.91. The first-order valence-corrected chi connectivity index (χ1v) is 12.3. The minimum absolute atomic E-state index is 0.0548. The number of likely N-dealkylation sites (tertiary alicyclic amines) is 1. The second-order valence-electron chi connectivity index (χ2n) is 9.50. The fourth-order valence-electron chi connectivity index (χ4n) is 5.16. The summed E-state index contributed by atoms with van der Waals surface area (Å²) in [5, 5.41) is 14.3. The summed E-state index contributed by atoms with van der Waals surface area (Å²) in [7, 11) is 0. The van der Waals surface area contributed by atoms with Gasteiger partial charge >= 0.3 is 0 Å². The molecule has 3 aliphatic heterocycles. The molecule has 2 N–H and O–H groups in total. The molecule has 7 nitrogen and oxygen atoms in total. The fraction of sp³-hybridized carbons (Fsp3) is 0.500. The van der Waals surface area contributed by atoms with Crippen LogP contribution >= 0.6 is 0 Å². The predicted octanol–water partition coefficient (Wildman–Crippen LogP) is 2.88. The number of nitrogens with one attached hydrogen (secondary N) is 1. The molecule has 188 valence electrons. The van der Waals surface area contributed by atoms with Crippen molar-refractivity contribution in [1.29, 1.82) is 0 Å². The van der Waals surface area contributed by atoms with Crippen LogP contribution in [0.3, 0.4) is 0 Å². The molecule has 1 amide bonds. The average Bonchev–Trinajstić information content (AvgIpc) is 3.56. The second-order valence-corrected chi connectivity index (χ2v) is 9.50. The lowest BCUT2D eigenvalue weighted by Gasteiger charge is -2.30. The van der Waals surface area contributed by atoms with Crippen LogP contribution in [0.25, 0.3) is 0 Å². The number of carbonyl (C=O) groups is 1. The van der Waals surface area contributed by atoms with Crippen LogP contribution in [0.5, 0.6) is 11.5 Å². The molecule has 3 heterocycles. The Kier molecular flexibility index (Phi) is 7.06. The van der Waals surface area contributed by atoms with Crippen LogP contribution in [-0.2, 0) is 4.79 Å². The summed E-state index contributed by atoms with van der Waals surface area (Å²) in [6.07, 6.45) is 1.70. The molecule has 2 saturated heterocycles. The normalized spacial score (nSPS) is 21.7. The standard InChI is InChI=1S/C26H31F2N3O4/c27-19-3-5-20(6-4-19)31-10-7-17(15-31)26(33)29-22(16-30-8-1-2-9-30)24(32)18-13-21(28)25-23(14-18)34-11-12-35-25/h3-6,13-14,17,22,24,32H,1-2,7-12,15-16H2,(H,29,33)/t17?,22-,24-/m1/s1. The molecule has 2 fully saturated rings. The molecule has 3 aliphatic rings. The highest BCUT2D eigenvalue weighted by molar-refractivity contribution is 5.80. The quantitative estimate of drug-likeness (QED) is 0.626. The molecule has 0 spiro atoms. The summed E-state index contributed by atoms with van der Waals surface area (Å²) >= 11 is 0. The molecule has 5 rings (SSSR count). The van der Waals surface area contributed by atoms with Crippen molar-refractivity contribution in [3.05, 3.63) is 53.6 Å². The summed E-state index contributed by atoms with van der Waals surface area (Å²) in [4.78, 5) is 17.5. The van der Waals surface area contributed by atoms with E-state index in [1.807, 2.05) is 0 Å². The van der Waals surface area contributed by atoms with Gasteiger partial charge in [0.2, 0.25) is 5.91 Å². The van der Waals surface area contributed by atoms with Gasteiger partial charge in [0.1, 0.15) is 25.1 Å². The Morgan fingerprint density at radius 2 is 1.83 bits per heavy atom. The van der Waals surface area contributed by atoms with Crippen molar-refractivity contribution in [3.63, 3.8) is 0 Å². The van der Waals surface area contributed by atoms with E-state index in [1.165, 1.54) is 18.2 Å². The van der Waals surface area contributed by atoms with Crippen molar-refractivity contribution in [1.82, 2.24) is 10.2 Å². The van der Waals surface area contributed by atoms with E-state index >= 15 is 0 Å². The van der Waals surface area contributed by atoms with Crippen molar-refractivity contribution in [2.24, 2.45) is 5.92 Å². The molecule has 0 saturated carbocycles. The van der Waals surface area contributed by atoms with Gasteiger partial charge in [0, 0.05) is 25.3 Å². The minimum atomic E-state index is -1.11. The van der Waals surface area contributed by atoms with Gasteiger partial charge in [-0.1, -0.05) is 0 Å². The van der Waals surface area contributed by atoms with Crippen molar-refractivity contribution >= 4 is 11.6 Å². The predicted molar refractivity (Wildman–Crippen MR) is 127 cm³/mol. The lowest BCUT2D eigenvalue weighted by Crippen LogP contribution is -2.48. The van der Waals surface area contributed by atoms with Crippen LogP contribution in [0.1, 0.15) is 30.9 Å². The molecule has 0 aromatic heterocycles. The fourth-order valence-corrected chi connectivity index (χ4v) is 5.16. The van der Waals surface area contributed by atoms with E-state index in [-0.39, 0.29) is 35.7 Å². The van der Waals surface area contributed by atoms with E-state index in [0.717, 1.165) is 31.6 Å². The van der Waals surface area contributed by atoms with E-state index in [9.17, 15) is 18.7 Å². The molecule has 0 bridgehead atoms. The number of aliphatic hydroxyl groups excluding tert-OH is 1. The maximum absolute atomic E-state index is 14.7. The molecule has 0 radical (unpaired) electrons. The van der Waals surface area contributed by atoms with Gasteiger partial charge in [-0.15, -0.1) is 0 Å². The van der Waals surface area contributed by atoms with Crippen LogP contribution in [0.15, 0.2) is 36.4 Å². The highest BCUT2D eigenvalue weighted by Gasteiger charge is 2.33. The summed E-state index contributed by atoms with van der Waals surface area (Å²) in [5.74, 6) is -0.965. The molecule has 9 heteroatoms. The zero-order chi connectivity index (χ0) is 24.4. The Labute approximate surface area is 203 Å². The third-order valence-electron chi connectivity index (χ3n) is 7.07. The van der Waals surface area contributed by atoms with Crippen LogP contribution < -0.4 is 19.7 Å². The zero-order valence-corrected chi connectivity index (χ0v) is 19.6. The van der Waals surface area contributed by atoms with Crippen LogP contribution in [0, 0.1) is 17.6 Å². The number of fused-ring (bicyclic) bond motifs is 1. The number of hydrogen-bond acceptors (Lipinski definition) is 6. The van der Waals surface area contributed by atoms with Gasteiger partial charge in [-0.3, -0.25) is 4.79 Å². The lowest BCUT2D eigenvalue weighted by molar-refractivity contribution is -0.126. The zero-order valence-electron chi connectivity index (χ0n) is 19.6. The number of ether oxygens (including phenoxy) is 2. The van der Waals surface area contributed by atoms with E-state index in [4.69, 9.17) is 9.47 Å². The third-order valence-corrected chi connectivity index (χ3v) is 7.07. The first-order valence-electron chi connectivity index (χ1n) is 12.3. The summed E-state index contributed by atoms with van der Waals surface area (Å²) < 4.78 is 38.8. The number of nitrogens with zero attached hydrogens (tertiary/aromatic N) is 2. The number of halogens is 2. The van der Waals surface area contributed by atoms with Gasteiger partial charge in [-0.25, -0.2) is 8.78 Å². The first-order chi connectivity index (χ1) is 17.0. The number of carbonyl (C=O) groups excluding carboxylic acids is 1. The van der Waals surface area contributed by atoms with E-state index in [2.05, 4.69) is 15.1 Å². The molecule has 35 heavy (non-hydrogen) atoms. The topological polar surface area (TPSA) is 74.3 Å². The van der Waals surface area contributed by atoms with Gasteiger partial charge in [-0.05, 0) is 74.3 Å². The molecular weight excluding hydrogens is 456 g/mol. The van der Waals surface area contributed by atoms with Crippen molar-refractivity contribution in [3.8, 4) is 11.5 Å². The summed E-state index contributed by atoms with van der Waals surface area (Å²) in [5.41, 5.74) is 1.22. The third kappa shape index (κ3) is 5.36. The van der Waals surface area contributed by atoms with Gasteiger partial charge < -0.3 is 29.7 Å². The van der Waals surface area contributed by atoms with Crippen LogP contribution in [0.2, 0.25) is 0 Å². The number of amides is 1. The number of aliphatic hydroxyl groups is 1. The molecule has 0 aliphatic carbocycles. The Balaban J connectivity index is 1.30. The largest absolute Gasteiger partial charge is 0.486 e. The van der Waals surface area contributed by atoms with Crippen LogP contribution in [0.4, 0.5) is 14.5 Å². The molecule has 3 atom stereocenters. The van der Waals surface area contributed by atoms with Crippen LogP contribution in [-0.4, -0.2) is 67.9 Å². The van der Waals surface area contributed by atoms with Crippen molar-refractivity contribution in [2.75, 3.05) is 50.8 Å². The smallest absolute Gasteiger partial charge is 0.225 e. The lowest BCUT2D eigenvalue weighted by atomic mass is 9.99. The Bertz CT molecular complexity index is 1050. The Morgan fingerprint density at radius 1 is 1.09 bits per heavy atom. The summed E-state index contributed by atoms with van der Waals surface area (Å²) in [6.45, 7) is 4.06. The average molecular weight is 488 g/mol. The highest BCUT2D eigenvalue weighted by atomic mass is 19.1. The highest BCUT2D eigenvalue weighted by Crippen LogP contribution is 2.36. The molecule has 1 unspecified atom stereocenters. The molecular formula is C26H31F2N3O4. The molecule has 2 aromatic rings. The minimum Gasteiger partial charge on any atom is -0.486 e. The van der Waals surface area contributed by atoms with Crippen molar-refractivity contribution in [2.45, 2.75) is 31.4 Å². The monoisotopic (exact) mass is 487 g/mol. The van der Waals surface area contributed by atoms with E-state index < -0.39 is 18.0 Å². The number of hydrogen-bond donors (Lipinski definition) is 2. The number of benzene rings is 2.